The lowest BCUT2D eigenvalue weighted by Gasteiger charge is -2.10. The molecule has 1 heterocycles. The smallest absolute Gasteiger partial charge is 0.291 e. The Labute approximate surface area is 152 Å². The van der Waals surface area contributed by atoms with Crippen molar-refractivity contribution in [1.29, 1.82) is 5.26 Å². The van der Waals surface area contributed by atoms with E-state index in [0.29, 0.717) is 34.9 Å². The lowest BCUT2D eigenvalue weighted by Crippen LogP contribution is -2.19. The Morgan fingerprint density at radius 3 is 2.65 bits per heavy atom. The van der Waals surface area contributed by atoms with Gasteiger partial charge >= 0.3 is 0 Å². The summed E-state index contributed by atoms with van der Waals surface area (Å²) in [5.74, 6) is -2.97. The number of carbonyl (C=O) groups is 1. The van der Waals surface area contributed by atoms with Crippen LogP contribution in [0.1, 0.15) is 5.56 Å². The van der Waals surface area contributed by atoms with Crippen LogP contribution in [0.4, 0.5) is 14.5 Å². The molecule has 5 nitrogen and oxygen atoms in total. The average Bonchev–Trinajstić information content (AvgIpc) is 2.93. The summed E-state index contributed by atoms with van der Waals surface area (Å²) in [5, 5.41) is 11.5. The van der Waals surface area contributed by atoms with Crippen molar-refractivity contribution in [3.05, 3.63) is 54.1 Å². The molecule has 0 unspecified atom stereocenters. The zero-order chi connectivity index (χ0) is 18.5. The fourth-order valence-corrected chi connectivity index (χ4v) is 3.12. The second kappa shape index (κ2) is 7.97. The number of halogens is 2. The van der Waals surface area contributed by atoms with Gasteiger partial charge < -0.3 is 9.88 Å². The second-order valence-corrected chi connectivity index (χ2v) is 6.38. The molecule has 26 heavy (non-hydrogen) atoms. The molecule has 1 N–H and O–H groups in total. The summed E-state index contributed by atoms with van der Waals surface area (Å²) in [4.78, 5) is 16.5. The molecule has 0 aliphatic rings. The second-order valence-electron chi connectivity index (χ2n) is 5.43. The SMILES string of the molecule is N#CCc1ccc(NC(=O)Cn2c(SC(F)F)nc3ccccc32)cc1. The van der Waals surface area contributed by atoms with Crippen LogP contribution < -0.4 is 5.32 Å². The molecule has 132 valence electrons. The number of carbonyl (C=O) groups excluding carboxylic acids is 1. The highest BCUT2D eigenvalue weighted by atomic mass is 32.2. The number of alkyl halides is 2. The summed E-state index contributed by atoms with van der Waals surface area (Å²) >= 11 is 0.314. The van der Waals surface area contributed by atoms with Crippen LogP contribution in [-0.2, 0) is 17.8 Å². The van der Waals surface area contributed by atoms with Crippen molar-refractivity contribution in [2.24, 2.45) is 0 Å². The van der Waals surface area contributed by atoms with E-state index in [0.717, 1.165) is 5.56 Å². The van der Waals surface area contributed by atoms with Crippen molar-refractivity contribution in [1.82, 2.24) is 9.55 Å². The molecule has 0 aliphatic carbocycles. The predicted octanol–water partition coefficient (Wildman–Crippen LogP) is 4.06. The maximum Gasteiger partial charge on any atom is 0.291 e. The van der Waals surface area contributed by atoms with Crippen molar-refractivity contribution in [3.63, 3.8) is 0 Å². The molecule has 0 bridgehead atoms. The van der Waals surface area contributed by atoms with E-state index in [1.54, 1.807) is 48.5 Å². The van der Waals surface area contributed by atoms with Crippen molar-refractivity contribution < 1.29 is 13.6 Å². The number of aromatic nitrogens is 2. The molecule has 2 aromatic carbocycles. The highest BCUT2D eigenvalue weighted by Crippen LogP contribution is 2.28. The van der Waals surface area contributed by atoms with Gasteiger partial charge in [0.25, 0.3) is 5.76 Å². The first-order chi connectivity index (χ1) is 12.6. The van der Waals surface area contributed by atoms with Crippen LogP contribution in [0.2, 0.25) is 0 Å². The number of nitrogens with one attached hydrogen (secondary N) is 1. The topological polar surface area (TPSA) is 70.7 Å². The van der Waals surface area contributed by atoms with Gasteiger partial charge in [0.2, 0.25) is 5.91 Å². The van der Waals surface area contributed by atoms with Crippen LogP contribution in [0.5, 0.6) is 0 Å². The first kappa shape index (κ1) is 17.9. The molecule has 0 fully saturated rings. The molecule has 1 aromatic heterocycles. The van der Waals surface area contributed by atoms with Crippen LogP contribution in [0.15, 0.2) is 53.7 Å². The molecule has 0 spiro atoms. The minimum absolute atomic E-state index is 0.0979. The Hall–Kier alpha value is -2.92. The fraction of sp³-hybridized carbons (Fsp3) is 0.167. The van der Waals surface area contributed by atoms with Gasteiger partial charge in [-0.15, -0.1) is 0 Å². The number of amides is 1. The molecule has 0 atom stereocenters. The molecule has 3 rings (SSSR count). The Balaban J connectivity index is 1.79. The van der Waals surface area contributed by atoms with Gasteiger partial charge in [-0.3, -0.25) is 4.79 Å². The van der Waals surface area contributed by atoms with E-state index < -0.39 is 5.76 Å². The Morgan fingerprint density at radius 2 is 1.96 bits per heavy atom. The third kappa shape index (κ3) is 4.18. The van der Waals surface area contributed by atoms with E-state index in [1.807, 2.05) is 0 Å². The van der Waals surface area contributed by atoms with Gasteiger partial charge in [-0.25, -0.2) is 4.98 Å². The molecule has 0 saturated carbocycles. The molecule has 3 aromatic rings. The number of thioether (sulfide) groups is 1. The number of hydrogen-bond donors (Lipinski definition) is 1. The minimum Gasteiger partial charge on any atom is -0.325 e. The van der Waals surface area contributed by atoms with Crippen LogP contribution in [-0.4, -0.2) is 21.2 Å². The number of benzene rings is 2. The molecular weight excluding hydrogens is 358 g/mol. The van der Waals surface area contributed by atoms with Crippen LogP contribution in [0, 0.1) is 11.3 Å². The molecule has 0 radical (unpaired) electrons. The van der Waals surface area contributed by atoms with Gasteiger partial charge in [-0.05, 0) is 41.6 Å². The van der Waals surface area contributed by atoms with Crippen LogP contribution in [0.3, 0.4) is 0 Å². The summed E-state index contributed by atoms with van der Waals surface area (Å²) in [6.07, 6.45) is 0.295. The molecule has 8 heteroatoms. The summed E-state index contributed by atoms with van der Waals surface area (Å²) in [6.45, 7) is -0.129. The molecular formula is C18H14F2N4OS. The number of nitriles is 1. The van der Waals surface area contributed by atoms with E-state index >= 15 is 0 Å². The summed E-state index contributed by atoms with van der Waals surface area (Å²) in [5.41, 5.74) is 2.60. The van der Waals surface area contributed by atoms with Crippen molar-refractivity contribution in [2.75, 3.05) is 5.32 Å². The zero-order valence-electron chi connectivity index (χ0n) is 13.5. The standard InChI is InChI=1S/C18H14F2N4OS/c19-17(20)26-18-23-14-3-1-2-4-15(14)24(18)11-16(25)22-13-7-5-12(6-8-13)9-10-21/h1-8,17H,9,11H2,(H,22,25). The number of fused-ring (bicyclic) bond motifs is 1. The van der Waals surface area contributed by atoms with Crippen LogP contribution >= 0.6 is 11.8 Å². The monoisotopic (exact) mass is 372 g/mol. The molecule has 0 aliphatic heterocycles. The van der Waals surface area contributed by atoms with Crippen LogP contribution in [0.25, 0.3) is 11.0 Å². The Bertz CT molecular complexity index is 963. The van der Waals surface area contributed by atoms with Gasteiger partial charge in [-0.1, -0.05) is 24.3 Å². The van der Waals surface area contributed by atoms with E-state index in [4.69, 9.17) is 5.26 Å². The Morgan fingerprint density at radius 1 is 1.23 bits per heavy atom. The number of imidazole rings is 1. The quantitative estimate of drug-likeness (QED) is 0.663. The van der Waals surface area contributed by atoms with E-state index in [1.165, 1.54) is 4.57 Å². The lowest BCUT2D eigenvalue weighted by molar-refractivity contribution is -0.116. The number of rotatable bonds is 6. The highest BCUT2D eigenvalue weighted by Gasteiger charge is 2.17. The maximum atomic E-state index is 12.8. The van der Waals surface area contributed by atoms with Gasteiger partial charge in [0.15, 0.2) is 5.16 Å². The highest BCUT2D eigenvalue weighted by molar-refractivity contribution is 7.99. The summed E-state index contributed by atoms with van der Waals surface area (Å²) in [6, 6.07) is 15.9. The third-order valence-electron chi connectivity index (χ3n) is 3.64. The minimum atomic E-state index is -2.62. The van der Waals surface area contributed by atoms with E-state index in [2.05, 4.69) is 16.4 Å². The predicted molar refractivity (Wildman–Crippen MR) is 96.0 cm³/mol. The molecule has 1 amide bonds. The van der Waals surface area contributed by atoms with Crippen molar-refractivity contribution >= 4 is 34.4 Å². The van der Waals surface area contributed by atoms with Gasteiger partial charge in [0.1, 0.15) is 6.54 Å². The Kier molecular flexibility index (Phi) is 5.49. The average molecular weight is 372 g/mol. The number of para-hydroxylation sites is 2. The van der Waals surface area contributed by atoms with Crippen molar-refractivity contribution in [3.8, 4) is 6.07 Å². The first-order valence-electron chi connectivity index (χ1n) is 7.72. The van der Waals surface area contributed by atoms with Crippen molar-refractivity contribution in [2.45, 2.75) is 23.9 Å². The summed E-state index contributed by atoms with van der Waals surface area (Å²) in [7, 11) is 0. The first-order valence-corrected chi connectivity index (χ1v) is 8.60. The molecule has 0 saturated heterocycles. The fourth-order valence-electron chi connectivity index (χ4n) is 2.52. The normalized spacial score (nSPS) is 10.8. The number of nitrogens with zero attached hydrogens (tertiary/aromatic N) is 3. The maximum absolute atomic E-state index is 12.8. The van der Waals surface area contributed by atoms with E-state index in [-0.39, 0.29) is 17.6 Å². The van der Waals surface area contributed by atoms with Gasteiger partial charge in [0, 0.05) is 5.69 Å². The lowest BCUT2D eigenvalue weighted by atomic mass is 10.1. The number of hydrogen-bond acceptors (Lipinski definition) is 4. The summed E-state index contributed by atoms with van der Waals surface area (Å²) < 4.78 is 27.1. The zero-order valence-corrected chi connectivity index (χ0v) is 14.3. The largest absolute Gasteiger partial charge is 0.325 e. The third-order valence-corrected chi connectivity index (χ3v) is 4.34. The number of anilines is 1. The van der Waals surface area contributed by atoms with Gasteiger partial charge in [-0.2, -0.15) is 14.0 Å². The van der Waals surface area contributed by atoms with Gasteiger partial charge in [0.05, 0.1) is 23.5 Å². The van der Waals surface area contributed by atoms with E-state index in [9.17, 15) is 13.6 Å².